The minimum atomic E-state index is -0.335. The first-order valence-electron chi connectivity index (χ1n) is 10.8. The van der Waals surface area contributed by atoms with E-state index in [1.807, 2.05) is 35.0 Å². The van der Waals surface area contributed by atoms with Crippen LogP contribution in [0.25, 0.3) is 27.7 Å². The van der Waals surface area contributed by atoms with E-state index < -0.39 is 0 Å². The van der Waals surface area contributed by atoms with Crippen LogP contribution in [-0.4, -0.2) is 37.1 Å². The van der Waals surface area contributed by atoms with Crippen molar-refractivity contribution < 1.29 is 14.0 Å². The second-order valence-corrected chi connectivity index (χ2v) is 8.49. The molecule has 1 aliphatic heterocycles. The molecule has 2 aliphatic rings. The van der Waals surface area contributed by atoms with Crippen LogP contribution in [0.2, 0.25) is 0 Å². The highest BCUT2D eigenvalue weighted by Gasteiger charge is 2.30. The molecule has 1 amide bonds. The van der Waals surface area contributed by atoms with Gasteiger partial charge in [0, 0.05) is 61.9 Å². The molecule has 1 aliphatic carbocycles. The minimum Gasteiger partial charge on any atom is -0.345 e. The SMILES string of the molecule is CC(=O)N1CCn2cc(C3=C(c4cnc5ccccn45)C(=O)CC3)c3cc(F)cc(c32)C1. The second-order valence-electron chi connectivity index (χ2n) is 8.49. The van der Waals surface area contributed by atoms with Crippen molar-refractivity contribution in [2.45, 2.75) is 32.9 Å². The Bertz CT molecular complexity index is 1480. The molecule has 6 nitrogen and oxygen atoms in total. The molecule has 6 rings (SSSR count). The largest absolute Gasteiger partial charge is 0.345 e. The lowest BCUT2D eigenvalue weighted by Crippen LogP contribution is -2.29. The zero-order valence-corrected chi connectivity index (χ0v) is 17.6. The first-order valence-corrected chi connectivity index (χ1v) is 10.8. The highest BCUT2D eigenvalue weighted by molar-refractivity contribution is 6.31. The molecule has 0 N–H and O–H groups in total. The van der Waals surface area contributed by atoms with Gasteiger partial charge in [0.05, 0.1) is 17.4 Å². The summed E-state index contributed by atoms with van der Waals surface area (Å²) < 4.78 is 18.7. The van der Waals surface area contributed by atoms with Crippen molar-refractivity contribution in [1.29, 1.82) is 0 Å². The number of nitrogens with zero attached hydrogens (tertiary/aromatic N) is 4. The van der Waals surface area contributed by atoms with E-state index in [9.17, 15) is 14.0 Å². The number of halogens is 1. The molecule has 0 saturated heterocycles. The van der Waals surface area contributed by atoms with Crippen molar-refractivity contribution in [1.82, 2.24) is 18.9 Å². The van der Waals surface area contributed by atoms with Crippen molar-refractivity contribution in [3.05, 3.63) is 71.6 Å². The molecule has 0 radical (unpaired) electrons. The Morgan fingerprint density at radius 1 is 1.16 bits per heavy atom. The van der Waals surface area contributed by atoms with Crippen LogP contribution in [0.15, 0.2) is 48.9 Å². The number of ketones is 1. The number of benzene rings is 1. The molecule has 32 heavy (non-hydrogen) atoms. The third-order valence-electron chi connectivity index (χ3n) is 6.61. The number of pyridine rings is 1. The number of hydrogen-bond donors (Lipinski definition) is 0. The van der Waals surface area contributed by atoms with Gasteiger partial charge in [0.1, 0.15) is 11.5 Å². The van der Waals surface area contributed by atoms with E-state index in [4.69, 9.17) is 0 Å². The lowest BCUT2D eigenvalue weighted by molar-refractivity contribution is -0.129. The Labute approximate surface area is 183 Å². The summed E-state index contributed by atoms with van der Waals surface area (Å²) >= 11 is 0. The fourth-order valence-electron chi connectivity index (χ4n) is 5.15. The van der Waals surface area contributed by atoms with Gasteiger partial charge in [-0.05, 0) is 41.8 Å². The molecule has 160 valence electrons. The average Bonchev–Trinajstić information content (AvgIpc) is 3.41. The lowest BCUT2D eigenvalue weighted by atomic mass is 9.98. The van der Waals surface area contributed by atoms with Gasteiger partial charge in [-0.15, -0.1) is 0 Å². The monoisotopic (exact) mass is 428 g/mol. The number of hydrogen-bond acceptors (Lipinski definition) is 3. The first kappa shape index (κ1) is 19.0. The molecule has 0 fully saturated rings. The Morgan fingerprint density at radius 2 is 2.03 bits per heavy atom. The van der Waals surface area contributed by atoms with E-state index in [0.29, 0.717) is 38.0 Å². The fourth-order valence-corrected chi connectivity index (χ4v) is 5.15. The first-order chi connectivity index (χ1) is 15.5. The predicted octanol–water partition coefficient (Wildman–Crippen LogP) is 4.06. The number of rotatable bonds is 2. The van der Waals surface area contributed by atoms with E-state index >= 15 is 0 Å². The summed E-state index contributed by atoms with van der Waals surface area (Å²) in [6.45, 7) is 3.11. The molecule has 0 spiro atoms. The molecule has 4 heterocycles. The number of fused-ring (bicyclic) bond motifs is 1. The van der Waals surface area contributed by atoms with Gasteiger partial charge >= 0.3 is 0 Å². The van der Waals surface area contributed by atoms with Crippen LogP contribution in [-0.2, 0) is 22.7 Å². The maximum absolute atomic E-state index is 14.7. The van der Waals surface area contributed by atoms with Crippen LogP contribution in [0.1, 0.15) is 36.6 Å². The van der Waals surface area contributed by atoms with Crippen LogP contribution >= 0.6 is 0 Å². The minimum absolute atomic E-state index is 0.0209. The highest BCUT2D eigenvalue weighted by Crippen LogP contribution is 2.42. The molecule has 0 unspecified atom stereocenters. The van der Waals surface area contributed by atoms with Gasteiger partial charge in [-0.2, -0.15) is 0 Å². The average molecular weight is 428 g/mol. The number of allylic oxidation sites excluding steroid dienone is 2. The smallest absolute Gasteiger partial charge is 0.219 e. The maximum atomic E-state index is 14.7. The topological polar surface area (TPSA) is 59.6 Å². The Morgan fingerprint density at radius 3 is 2.88 bits per heavy atom. The summed E-state index contributed by atoms with van der Waals surface area (Å²) in [5.74, 6) is -0.274. The number of carbonyl (C=O) groups is 2. The van der Waals surface area contributed by atoms with Crippen LogP contribution in [0.3, 0.4) is 0 Å². The number of carbonyl (C=O) groups excluding carboxylic acids is 2. The van der Waals surface area contributed by atoms with Gasteiger partial charge in [0.15, 0.2) is 5.78 Å². The Kier molecular flexibility index (Phi) is 4.08. The molecule has 1 aromatic carbocycles. The van der Waals surface area contributed by atoms with E-state index in [2.05, 4.69) is 9.55 Å². The van der Waals surface area contributed by atoms with Gasteiger partial charge in [-0.3, -0.25) is 14.0 Å². The summed E-state index contributed by atoms with van der Waals surface area (Å²) in [4.78, 5) is 31.2. The Hall–Kier alpha value is -3.74. The van der Waals surface area contributed by atoms with Gasteiger partial charge < -0.3 is 9.47 Å². The molecule has 3 aromatic heterocycles. The molecule has 4 aromatic rings. The molecular formula is C25H21FN4O2. The van der Waals surface area contributed by atoms with Crippen molar-refractivity contribution in [2.24, 2.45) is 0 Å². The normalized spacial score (nSPS) is 16.4. The zero-order valence-electron chi connectivity index (χ0n) is 17.6. The third kappa shape index (κ3) is 2.74. The van der Waals surface area contributed by atoms with Crippen LogP contribution < -0.4 is 0 Å². The maximum Gasteiger partial charge on any atom is 0.219 e. The fraction of sp³-hybridized carbons (Fsp3) is 0.240. The summed E-state index contributed by atoms with van der Waals surface area (Å²) in [6.07, 6.45) is 6.71. The van der Waals surface area contributed by atoms with Crippen molar-refractivity contribution >= 4 is 39.4 Å². The second kappa shape index (κ2) is 6.88. The number of amides is 1. The summed E-state index contributed by atoms with van der Waals surface area (Å²) in [5, 5.41) is 0.793. The Balaban J connectivity index is 1.60. The third-order valence-corrected chi connectivity index (χ3v) is 6.61. The van der Waals surface area contributed by atoms with Crippen molar-refractivity contribution in [2.75, 3.05) is 6.54 Å². The summed E-state index contributed by atoms with van der Waals surface area (Å²) in [6, 6.07) is 8.81. The van der Waals surface area contributed by atoms with Gasteiger partial charge in [-0.1, -0.05) is 6.07 Å². The van der Waals surface area contributed by atoms with E-state index in [0.717, 1.165) is 38.9 Å². The number of Topliss-reactive ketones (excluding diaryl/α,β-unsaturated/α-hetero) is 1. The zero-order chi connectivity index (χ0) is 22.0. The van der Waals surface area contributed by atoms with Crippen LogP contribution in [0.4, 0.5) is 4.39 Å². The highest BCUT2D eigenvalue weighted by atomic mass is 19.1. The molecule has 0 bridgehead atoms. The van der Waals surface area contributed by atoms with E-state index in [1.54, 1.807) is 24.1 Å². The summed E-state index contributed by atoms with van der Waals surface area (Å²) in [7, 11) is 0. The van der Waals surface area contributed by atoms with Crippen LogP contribution in [0.5, 0.6) is 0 Å². The lowest BCUT2D eigenvalue weighted by Gasteiger charge is -2.18. The molecule has 0 atom stereocenters. The van der Waals surface area contributed by atoms with E-state index in [1.165, 1.54) is 6.07 Å². The van der Waals surface area contributed by atoms with Crippen molar-refractivity contribution in [3.8, 4) is 0 Å². The molecule has 7 heteroatoms. The quantitative estimate of drug-likeness (QED) is 0.484. The van der Waals surface area contributed by atoms with Crippen molar-refractivity contribution in [3.63, 3.8) is 0 Å². The van der Waals surface area contributed by atoms with Gasteiger partial charge in [0.25, 0.3) is 0 Å². The van der Waals surface area contributed by atoms with E-state index in [-0.39, 0.29) is 17.5 Å². The van der Waals surface area contributed by atoms with Gasteiger partial charge in [-0.25, -0.2) is 9.37 Å². The number of imidazole rings is 1. The van der Waals surface area contributed by atoms with Gasteiger partial charge in [0.2, 0.25) is 5.91 Å². The van der Waals surface area contributed by atoms with Crippen LogP contribution in [0, 0.1) is 5.82 Å². The number of aromatic nitrogens is 3. The molecular weight excluding hydrogens is 407 g/mol. The standard InChI is InChI=1S/C25H21FN4O2/c1-15(31)28-8-9-29-14-20(19-11-17(26)10-16(13-28)25(19)29)18-5-6-22(32)24(18)21-12-27-23-4-2-3-7-30(21)23/h2-4,7,10-12,14H,5-6,8-9,13H2,1H3. The molecule has 0 saturated carbocycles. The summed E-state index contributed by atoms with van der Waals surface area (Å²) in [5.41, 5.74) is 5.77. The predicted molar refractivity (Wildman–Crippen MR) is 119 cm³/mol.